The smallest absolute Gasteiger partial charge is 0.459 e. The predicted molar refractivity (Wildman–Crippen MR) is 114 cm³/mol. The molecular formula is C20H30NaO11S2+. The fourth-order valence-corrected chi connectivity index (χ4v) is 6.91. The minimum Gasteiger partial charge on any atom is -0.459 e. The number of carbonyl (C=O) groups excluding carboxylic acids is 1. The Kier molecular flexibility index (Phi) is 9.28. The van der Waals surface area contributed by atoms with Crippen LogP contribution in [0.15, 0.2) is 22.8 Å². The van der Waals surface area contributed by atoms with E-state index in [4.69, 9.17) is 17.7 Å². The van der Waals surface area contributed by atoms with E-state index < -0.39 is 56.4 Å². The van der Waals surface area contributed by atoms with Gasteiger partial charge in [0.2, 0.25) is 0 Å². The molecule has 0 radical (unpaired) electrons. The van der Waals surface area contributed by atoms with Gasteiger partial charge < -0.3 is 9.84 Å². The van der Waals surface area contributed by atoms with Gasteiger partial charge >= 0.3 is 56.3 Å². The molecule has 11 nitrogen and oxygen atoms in total. The van der Waals surface area contributed by atoms with Crippen molar-refractivity contribution in [3.8, 4) is 0 Å². The molecule has 0 spiro atoms. The molecule has 0 aromatic carbocycles. The molecule has 34 heavy (non-hydrogen) atoms. The van der Waals surface area contributed by atoms with Crippen LogP contribution in [0.25, 0.3) is 0 Å². The number of aliphatic hydroxyl groups is 1. The van der Waals surface area contributed by atoms with E-state index >= 15 is 0 Å². The molecule has 5 atom stereocenters. The summed E-state index contributed by atoms with van der Waals surface area (Å²) < 4.78 is 78.6. The SMILES string of the molecule is CC1=C(C/C=C2/C(=O)OC[C@H]2O)[C@]2(C)CC[C@@H](OS(=O)(=O)O)[C@@](C)(COS(=O)(=O)O)C2CC1.[Na+]. The fraction of sp³-hybridized carbons (Fsp3) is 0.750. The Morgan fingerprint density at radius 2 is 1.79 bits per heavy atom. The topological polar surface area (TPSA) is 174 Å². The van der Waals surface area contributed by atoms with Gasteiger partial charge in [-0.05, 0) is 50.4 Å². The van der Waals surface area contributed by atoms with Crippen molar-refractivity contribution in [2.75, 3.05) is 13.2 Å². The first-order valence-corrected chi connectivity index (χ1v) is 13.3. The van der Waals surface area contributed by atoms with E-state index in [0.717, 1.165) is 11.1 Å². The summed E-state index contributed by atoms with van der Waals surface area (Å²) in [7, 11) is -9.64. The third kappa shape index (κ3) is 6.31. The third-order valence-electron chi connectivity index (χ3n) is 7.49. The molecule has 1 aliphatic heterocycles. The Bertz CT molecular complexity index is 1080. The van der Waals surface area contributed by atoms with Crippen molar-refractivity contribution in [1.82, 2.24) is 0 Å². The second-order valence-corrected chi connectivity index (χ2v) is 11.6. The maximum Gasteiger partial charge on any atom is 1.00 e. The van der Waals surface area contributed by atoms with Crippen molar-refractivity contribution in [1.29, 1.82) is 0 Å². The molecule has 3 aliphatic rings. The average molecular weight is 534 g/mol. The zero-order valence-corrected chi connectivity index (χ0v) is 23.3. The third-order valence-corrected chi connectivity index (χ3v) is 8.38. The summed E-state index contributed by atoms with van der Waals surface area (Å²) >= 11 is 0. The Balaban J connectivity index is 0.00000408. The van der Waals surface area contributed by atoms with E-state index in [1.807, 2.05) is 13.8 Å². The molecule has 3 N–H and O–H groups in total. The van der Waals surface area contributed by atoms with Crippen LogP contribution in [0.4, 0.5) is 0 Å². The van der Waals surface area contributed by atoms with Crippen molar-refractivity contribution in [2.24, 2.45) is 16.7 Å². The van der Waals surface area contributed by atoms with Crippen LogP contribution in [0.2, 0.25) is 0 Å². The summed E-state index contributed by atoms with van der Waals surface area (Å²) in [5.41, 5.74) is 0.495. The van der Waals surface area contributed by atoms with Gasteiger partial charge in [0.15, 0.2) is 0 Å². The van der Waals surface area contributed by atoms with Crippen LogP contribution in [-0.4, -0.2) is 62.4 Å². The molecule has 0 amide bonds. The Hall–Kier alpha value is -0.350. The maximum atomic E-state index is 11.9. The number of aliphatic hydroxyl groups excluding tert-OH is 1. The summed E-state index contributed by atoms with van der Waals surface area (Å²) in [6.07, 6.45) is 1.70. The van der Waals surface area contributed by atoms with Crippen molar-refractivity contribution in [3.05, 3.63) is 22.8 Å². The molecule has 1 saturated carbocycles. The summed E-state index contributed by atoms with van der Waals surface area (Å²) in [4.78, 5) is 11.9. The van der Waals surface area contributed by atoms with Crippen molar-refractivity contribution in [3.63, 3.8) is 0 Å². The number of rotatable bonds is 7. The number of ether oxygens (including phenoxy) is 1. The molecule has 3 rings (SSSR count). The Morgan fingerprint density at radius 3 is 2.32 bits per heavy atom. The fourth-order valence-electron chi connectivity index (χ4n) is 5.90. The number of allylic oxidation sites excluding steroid dienone is 3. The molecule has 1 unspecified atom stereocenters. The first-order chi connectivity index (χ1) is 15.1. The zero-order chi connectivity index (χ0) is 24.8. The molecule has 14 heteroatoms. The molecule has 1 heterocycles. The van der Waals surface area contributed by atoms with Crippen LogP contribution in [0, 0.1) is 16.7 Å². The van der Waals surface area contributed by atoms with Gasteiger partial charge in [-0.25, -0.2) is 13.2 Å². The minimum atomic E-state index is -4.83. The number of esters is 1. The van der Waals surface area contributed by atoms with Crippen LogP contribution >= 0.6 is 0 Å². The van der Waals surface area contributed by atoms with Gasteiger partial charge in [-0.2, -0.15) is 16.8 Å². The number of fused-ring (bicyclic) bond motifs is 1. The van der Waals surface area contributed by atoms with Gasteiger partial charge in [-0.15, -0.1) is 0 Å². The van der Waals surface area contributed by atoms with Gasteiger partial charge in [-0.1, -0.05) is 31.1 Å². The predicted octanol–water partition coefficient (Wildman–Crippen LogP) is -1.24. The number of carbonyl (C=O) groups is 1. The largest absolute Gasteiger partial charge is 1.00 e. The monoisotopic (exact) mass is 533 g/mol. The molecule has 0 aromatic heterocycles. The Morgan fingerprint density at radius 1 is 1.15 bits per heavy atom. The summed E-state index contributed by atoms with van der Waals surface area (Å²) in [6, 6.07) is 0. The van der Waals surface area contributed by atoms with E-state index in [0.29, 0.717) is 25.7 Å². The van der Waals surface area contributed by atoms with Crippen LogP contribution in [0.5, 0.6) is 0 Å². The number of hydrogen-bond acceptors (Lipinski definition) is 9. The maximum absolute atomic E-state index is 11.9. The molecule has 2 aliphatic carbocycles. The van der Waals surface area contributed by atoms with Crippen LogP contribution in [-0.2, 0) is 38.7 Å². The Labute approximate surface area is 222 Å². The summed E-state index contributed by atoms with van der Waals surface area (Å²) in [5.74, 6) is -0.917. The quantitative estimate of drug-likeness (QED) is 0.117. The molecule has 2 fully saturated rings. The minimum absolute atomic E-state index is 0. The first-order valence-electron chi connectivity index (χ1n) is 10.6. The normalized spacial score (nSPS) is 35.6. The van der Waals surface area contributed by atoms with Crippen molar-refractivity contribution < 1.29 is 78.5 Å². The van der Waals surface area contributed by atoms with E-state index in [1.54, 1.807) is 13.0 Å². The van der Waals surface area contributed by atoms with Crippen LogP contribution in [0.3, 0.4) is 0 Å². The number of hydrogen-bond donors (Lipinski definition) is 3. The van der Waals surface area contributed by atoms with E-state index in [9.17, 15) is 31.3 Å². The van der Waals surface area contributed by atoms with E-state index in [1.165, 1.54) is 0 Å². The molecule has 0 bridgehead atoms. The standard InChI is InChI=1S/C20H30O11S2.Na/c1-12-4-7-16-19(2,14(12)6-5-13-15(21)10-29-18(13)22)9-8-17(31-33(26,27)28)20(16,3)11-30-32(23,24)25;/h5,15-17,21H,4,6-11H2,1-3H3,(H,23,24,25)(H,26,27,28);/q;+1/b13-5+;/t15-,16?,17-,19+,20+;/m1./s1. The molecule has 1 saturated heterocycles. The van der Waals surface area contributed by atoms with Gasteiger partial charge in [0.05, 0.1) is 18.3 Å². The summed E-state index contributed by atoms with van der Waals surface area (Å²) in [6.45, 7) is 4.91. The molecule has 0 aromatic rings. The molecule has 188 valence electrons. The average Bonchev–Trinajstić information content (AvgIpc) is 2.99. The van der Waals surface area contributed by atoms with Gasteiger partial charge in [0, 0.05) is 5.41 Å². The summed E-state index contributed by atoms with van der Waals surface area (Å²) in [5, 5.41) is 10.00. The van der Waals surface area contributed by atoms with Crippen LogP contribution in [0.1, 0.15) is 52.9 Å². The van der Waals surface area contributed by atoms with Gasteiger partial charge in [-0.3, -0.25) is 9.11 Å². The first kappa shape index (κ1) is 29.9. The van der Waals surface area contributed by atoms with Gasteiger partial charge in [0.25, 0.3) is 0 Å². The second-order valence-electron chi connectivity index (χ2n) is 9.49. The zero-order valence-electron chi connectivity index (χ0n) is 19.7. The van der Waals surface area contributed by atoms with Crippen LogP contribution < -0.4 is 29.6 Å². The van der Waals surface area contributed by atoms with Crippen molar-refractivity contribution in [2.45, 2.75) is 65.1 Å². The second kappa shape index (κ2) is 10.6. The van der Waals surface area contributed by atoms with Crippen molar-refractivity contribution >= 4 is 26.8 Å². The van der Waals surface area contributed by atoms with Gasteiger partial charge in [0.1, 0.15) is 12.7 Å². The number of cyclic esters (lactones) is 1. The molecular weight excluding hydrogens is 503 g/mol. The van der Waals surface area contributed by atoms with E-state index in [2.05, 4.69) is 0 Å². The van der Waals surface area contributed by atoms with E-state index in [-0.39, 0.29) is 54.1 Å².